The van der Waals surface area contributed by atoms with Crippen LogP contribution in [-0.4, -0.2) is 32.1 Å². The predicted octanol–water partition coefficient (Wildman–Crippen LogP) is 6.02. The van der Waals surface area contributed by atoms with Crippen molar-refractivity contribution < 1.29 is 0 Å². The minimum atomic E-state index is 0.649. The lowest BCUT2D eigenvalue weighted by Gasteiger charge is -2.40. The van der Waals surface area contributed by atoms with E-state index in [9.17, 15) is 0 Å². The molecule has 0 aromatic heterocycles. The molecule has 0 bridgehead atoms. The highest BCUT2D eigenvalue weighted by atomic mass is 32.2. The predicted molar refractivity (Wildman–Crippen MR) is 104 cm³/mol. The number of thioether (sulfide) groups is 1. The van der Waals surface area contributed by atoms with E-state index < -0.39 is 0 Å². The SMILES string of the molecule is C1CCC(N(SC2=NC3CCCCC3S2)C2CCCCC2)CC1. The average Bonchev–Trinajstić information content (AvgIpc) is 3.04. The van der Waals surface area contributed by atoms with E-state index >= 15 is 0 Å². The Labute approximate surface area is 150 Å². The number of fused-ring (bicyclic) bond motifs is 1. The topological polar surface area (TPSA) is 15.6 Å². The van der Waals surface area contributed by atoms with Crippen LogP contribution in [0.5, 0.6) is 0 Å². The molecule has 1 heterocycles. The third kappa shape index (κ3) is 4.12. The summed E-state index contributed by atoms with van der Waals surface area (Å²) in [5.74, 6) is 0. The second kappa shape index (κ2) is 8.14. The van der Waals surface area contributed by atoms with E-state index in [1.807, 2.05) is 0 Å². The van der Waals surface area contributed by atoms with Crippen molar-refractivity contribution in [2.24, 2.45) is 4.99 Å². The van der Waals surface area contributed by atoms with Gasteiger partial charge in [-0.15, -0.1) is 0 Å². The zero-order valence-electron chi connectivity index (χ0n) is 14.4. The van der Waals surface area contributed by atoms with E-state index in [0.717, 1.165) is 17.3 Å². The van der Waals surface area contributed by atoms with Crippen LogP contribution in [0.4, 0.5) is 0 Å². The van der Waals surface area contributed by atoms with Crippen molar-refractivity contribution in [3.63, 3.8) is 0 Å². The second-order valence-corrected chi connectivity index (χ2v) is 10.4. The molecule has 4 rings (SSSR count). The molecular weight excluding hydrogens is 320 g/mol. The van der Waals surface area contributed by atoms with Crippen LogP contribution in [0.15, 0.2) is 4.99 Å². The molecule has 4 aliphatic rings. The van der Waals surface area contributed by atoms with Gasteiger partial charge in [-0.05, 0) is 50.5 Å². The van der Waals surface area contributed by atoms with E-state index in [-0.39, 0.29) is 0 Å². The van der Waals surface area contributed by atoms with Crippen LogP contribution in [-0.2, 0) is 0 Å². The first-order valence-corrected chi connectivity index (χ1v) is 11.8. The third-order valence-corrected chi connectivity index (χ3v) is 8.98. The fourth-order valence-electron chi connectivity index (χ4n) is 4.91. The van der Waals surface area contributed by atoms with Crippen LogP contribution in [0, 0.1) is 0 Å². The summed E-state index contributed by atoms with van der Waals surface area (Å²) >= 11 is 4.20. The molecule has 2 nitrogen and oxygen atoms in total. The van der Waals surface area contributed by atoms with Gasteiger partial charge >= 0.3 is 0 Å². The maximum atomic E-state index is 5.14. The Morgan fingerprint density at radius 1 is 0.739 bits per heavy atom. The quantitative estimate of drug-likeness (QED) is 0.578. The Bertz CT molecular complexity index is 396. The summed E-state index contributed by atoms with van der Waals surface area (Å²) < 4.78 is 4.26. The lowest BCUT2D eigenvalue weighted by molar-refractivity contribution is 0.186. The number of hydrogen-bond acceptors (Lipinski definition) is 4. The maximum Gasteiger partial charge on any atom is 0.140 e. The van der Waals surface area contributed by atoms with E-state index in [2.05, 4.69) is 28.0 Å². The van der Waals surface area contributed by atoms with E-state index in [0.29, 0.717) is 6.04 Å². The first-order chi connectivity index (χ1) is 11.4. The molecule has 0 N–H and O–H groups in total. The molecule has 3 saturated carbocycles. The molecule has 2 atom stereocenters. The van der Waals surface area contributed by atoms with Crippen LogP contribution in [0.25, 0.3) is 0 Å². The van der Waals surface area contributed by atoms with Crippen molar-refractivity contribution >= 4 is 28.1 Å². The molecule has 1 aliphatic heterocycles. The lowest BCUT2D eigenvalue weighted by atomic mass is 9.91. The van der Waals surface area contributed by atoms with Crippen molar-refractivity contribution in [2.45, 2.75) is 113 Å². The molecule has 0 saturated heterocycles. The summed E-state index contributed by atoms with van der Waals surface area (Å²) in [7, 11) is 0. The Morgan fingerprint density at radius 3 is 1.91 bits per heavy atom. The highest BCUT2D eigenvalue weighted by molar-refractivity contribution is 8.38. The van der Waals surface area contributed by atoms with E-state index in [4.69, 9.17) is 4.99 Å². The Kier molecular flexibility index (Phi) is 5.94. The average molecular weight is 353 g/mol. The molecule has 0 amide bonds. The van der Waals surface area contributed by atoms with Crippen molar-refractivity contribution in [1.29, 1.82) is 0 Å². The minimum absolute atomic E-state index is 0.649. The molecule has 23 heavy (non-hydrogen) atoms. The summed E-state index contributed by atoms with van der Waals surface area (Å²) in [5.41, 5.74) is 0. The van der Waals surface area contributed by atoms with Gasteiger partial charge in [-0.2, -0.15) is 0 Å². The monoisotopic (exact) mass is 352 g/mol. The molecule has 3 aliphatic carbocycles. The fraction of sp³-hybridized carbons (Fsp3) is 0.947. The van der Waals surface area contributed by atoms with Gasteiger partial charge in [-0.1, -0.05) is 63.1 Å². The summed E-state index contributed by atoms with van der Waals surface area (Å²) in [4.78, 5) is 5.14. The van der Waals surface area contributed by atoms with Crippen molar-refractivity contribution in [3.05, 3.63) is 0 Å². The highest BCUT2D eigenvalue weighted by Gasteiger charge is 2.36. The fourth-order valence-corrected chi connectivity index (χ4v) is 7.89. The van der Waals surface area contributed by atoms with Crippen LogP contribution in [0.3, 0.4) is 0 Å². The first-order valence-electron chi connectivity index (χ1n) is 10.1. The second-order valence-electron chi connectivity index (χ2n) is 7.94. The highest BCUT2D eigenvalue weighted by Crippen LogP contribution is 2.44. The largest absolute Gasteiger partial charge is 0.266 e. The summed E-state index contributed by atoms with van der Waals surface area (Å²) in [6.07, 6.45) is 20.0. The Morgan fingerprint density at radius 2 is 1.30 bits per heavy atom. The summed E-state index contributed by atoms with van der Waals surface area (Å²) in [6.45, 7) is 0. The minimum Gasteiger partial charge on any atom is -0.266 e. The number of hydrogen-bond donors (Lipinski definition) is 0. The molecule has 3 fully saturated rings. The smallest absolute Gasteiger partial charge is 0.140 e. The van der Waals surface area contributed by atoms with Gasteiger partial charge in [0, 0.05) is 17.3 Å². The number of aliphatic imine (C=N–C) groups is 1. The number of nitrogens with zero attached hydrogens (tertiary/aromatic N) is 2. The van der Waals surface area contributed by atoms with Gasteiger partial charge in [0.25, 0.3) is 0 Å². The zero-order valence-corrected chi connectivity index (χ0v) is 16.1. The van der Waals surface area contributed by atoms with Gasteiger partial charge < -0.3 is 0 Å². The standard InChI is InChI=1S/C19H32N2S2/c1-3-9-15(10-4-1)21(16-11-5-2-6-12-16)23-19-20-17-13-7-8-14-18(17)22-19/h15-18H,1-14H2. The summed E-state index contributed by atoms with van der Waals surface area (Å²) in [6, 6.07) is 2.29. The van der Waals surface area contributed by atoms with E-state index in [1.165, 1.54) is 94.3 Å². The van der Waals surface area contributed by atoms with Crippen LogP contribution in [0.1, 0.15) is 89.9 Å². The maximum absolute atomic E-state index is 5.14. The van der Waals surface area contributed by atoms with Crippen LogP contribution < -0.4 is 0 Å². The van der Waals surface area contributed by atoms with Crippen molar-refractivity contribution in [3.8, 4) is 0 Å². The van der Waals surface area contributed by atoms with Gasteiger partial charge in [0.2, 0.25) is 0 Å². The molecule has 4 heteroatoms. The normalized spacial score (nSPS) is 33.7. The van der Waals surface area contributed by atoms with Crippen molar-refractivity contribution in [2.75, 3.05) is 0 Å². The van der Waals surface area contributed by atoms with Gasteiger partial charge in [0.05, 0.1) is 6.04 Å². The molecule has 0 aromatic carbocycles. The third-order valence-electron chi connectivity index (χ3n) is 6.24. The molecule has 0 radical (unpaired) electrons. The van der Waals surface area contributed by atoms with Crippen LogP contribution in [0.2, 0.25) is 0 Å². The van der Waals surface area contributed by atoms with Crippen molar-refractivity contribution in [1.82, 2.24) is 4.31 Å². The molecule has 0 spiro atoms. The van der Waals surface area contributed by atoms with Crippen LogP contribution >= 0.6 is 23.7 Å². The summed E-state index contributed by atoms with van der Waals surface area (Å²) in [5, 5.41) is 0.811. The number of rotatable bonds is 3. The molecule has 130 valence electrons. The first kappa shape index (κ1) is 16.8. The zero-order chi connectivity index (χ0) is 15.5. The van der Waals surface area contributed by atoms with Gasteiger partial charge in [0.1, 0.15) is 4.38 Å². The molecule has 2 unspecified atom stereocenters. The van der Waals surface area contributed by atoms with E-state index in [1.54, 1.807) is 0 Å². The lowest BCUT2D eigenvalue weighted by Crippen LogP contribution is -2.41. The van der Waals surface area contributed by atoms with Gasteiger partial charge in [-0.3, -0.25) is 4.99 Å². The Hall–Kier alpha value is 0.330. The molecule has 0 aromatic rings. The van der Waals surface area contributed by atoms with Gasteiger partial charge in [-0.25, -0.2) is 4.31 Å². The molecular formula is C19H32N2S2. The van der Waals surface area contributed by atoms with Gasteiger partial charge in [0.15, 0.2) is 0 Å². The Balaban J connectivity index is 1.44.